The summed E-state index contributed by atoms with van der Waals surface area (Å²) in [4.78, 5) is 37.9. The lowest BCUT2D eigenvalue weighted by Gasteiger charge is -2.25. The zero-order valence-corrected chi connectivity index (χ0v) is 16.4. The number of aliphatic carboxylic acids is 1. The molecule has 3 rings (SSSR count). The highest BCUT2D eigenvalue weighted by Crippen LogP contribution is 2.30. The van der Waals surface area contributed by atoms with E-state index in [-0.39, 0.29) is 24.9 Å². The molecule has 1 aromatic rings. The van der Waals surface area contributed by atoms with Gasteiger partial charge in [-0.2, -0.15) is 0 Å². The van der Waals surface area contributed by atoms with Crippen LogP contribution in [0, 0.1) is 12.3 Å². The lowest BCUT2D eigenvalue weighted by Crippen LogP contribution is -2.45. The van der Waals surface area contributed by atoms with Crippen molar-refractivity contribution in [3.63, 3.8) is 0 Å². The highest BCUT2D eigenvalue weighted by Gasteiger charge is 2.35. The fourth-order valence-electron chi connectivity index (χ4n) is 3.72. The maximum absolute atomic E-state index is 13.1. The second kappa shape index (κ2) is 9.57. The highest BCUT2D eigenvalue weighted by atomic mass is 16.4. The number of nitrogens with one attached hydrogen (secondary N) is 2. The third-order valence-electron chi connectivity index (χ3n) is 5.42. The van der Waals surface area contributed by atoms with Crippen molar-refractivity contribution in [1.29, 1.82) is 0 Å². The van der Waals surface area contributed by atoms with Crippen LogP contribution < -0.4 is 10.6 Å². The fourth-order valence-corrected chi connectivity index (χ4v) is 3.72. The van der Waals surface area contributed by atoms with Crippen LogP contribution in [-0.4, -0.2) is 59.5 Å². The highest BCUT2D eigenvalue weighted by molar-refractivity contribution is 5.97. The third kappa shape index (κ3) is 5.81. The molecule has 1 atom stereocenters. The van der Waals surface area contributed by atoms with E-state index in [2.05, 4.69) is 22.6 Å². The fraction of sp³-hybridized carbons (Fsp3) is 0.500. The van der Waals surface area contributed by atoms with Crippen molar-refractivity contribution in [3.8, 4) is 12.3 Å². The Morgan fingerprint density at radius 2 is 1.97 bits per heavy atom. The first-order valence-electron chi connectivity index (χ1n) is 10.1. The maximum atomic E-state index is 13.1. The predicted octanol–water partition coefficient (Wildman–Crippen LogP) is 1.35. The van der Waals surface area contributed by atoms with Gasteiger partial charge in [0, 0.05) is 11.6 Å². The Morgan fingerprint density at radius 1 is 1.24 bits per heavy atom. The van der Waals surface area contributed by atoms with Gasteiger partial charge in [0.1, 0.15) is 12.6 Å². The monoisotopic (exact) mass is 397 g/mol. The molecule has 1 aromatic carbocycles. The van der Waals surface area contributed by atoms with Gasteiger partial charge in [-0.1, -0.05) is 18.1 Å². The number of hydrogen-bond acceptors (Lipinski definition) is 4. The van der Waals surface area contributed by atoms with E-state index in [1.807, 2.05) is 12.1 Å². The van der Waals surface area contributed by atoms with E-state index in [9.17, 15) is 14.4 Å². The van der Waals surface area contributed by atoms with Crippen molar-refractivity contribution < 1.29 is 19.5 Å². The molecule has 29 heavy (non-hydrogen) atoms. The molecule has 1 aliphatic heterocycles. The van der Waals surface area contributed by atoms with Crippen molar-refractivity contribution in [2.24, 2.45) is 0 Å². The Kier molecular flexibility index (Phi) is 6.89. The number of terminal acetylenes is 1. The van der Waals surface area contributed by atoms with Crippen LogP contribution in [0.25, 0.3) is 0 Å². The molecule has 154 valence electrons. The summed E-state index contributed by atoms with van der Waals surface area (Å²) in [6, 6.07) is 6.84. The van der Waals surface area contributed by atoms with E-state index in [0.29, 0.717) is 11.5 Å². The summed E-state index contributed by atoms with van der Waals surface area (Å²) in [5.41, 5.74) is 1.74. The van der Waals surface area contributed by atoms with E-state index in [1.54, 1.807) is 11.0 Å². The van der Waals surface area contributed by atoms with E-state index in [0.717, 1.165) is 44.3 Å². The molecule has 1 saturated heterocycles. The molecule has 0 bridgehead atoms. The number of carboxylic acids is 1. The van der Waals surface area contributed by atoms with Crippen molar-refractivity contribution in [2.75, 3.05) is 19.6 Å². The number of nitrogens with zero attached hydrogens (tertiary/aromatic N) is 1. The normalized spacial score (nSPS) is 17.8. The van der Waals surface area contributed by atoms with Gasteiger partial charge >= 0.3 is 5.97 Å². The summed E-state index contributed by atoms with van der Waals surface area (Å²) >= 11 is 0. The number of carbonyl (C=O) groups excluding carboxylic acids is 2. The molecular weight excluding hydrogens is 370 g/mol. The van der Waals surface area contributed by atoms with Crippen LogP contribution in [-0.2, 0) is 9.59 Å². The topological polar surface area (TPSA) is 98.7 Å². The zero-order chi connectivity index (χ0) is 20.8. The van der Waals surface area contributed by atoms with Crippen LogP contribution >= 0.6 is 0 Å². The smallest absolute Gasteiger partial charge is 0.306 e. The largest absolute Gasteiger partial charge is 0.481 e. The zero-order valence-electron chi connectivity index (χ0n) is 16.4. The molecule has 0 unspecified atom stereocenters. The minimum absolute atomic E-state index is 0.0412. The number of carbonyl (C=O) groups is 3. The minimum atomic E-state index is -1.09. The van der Waals surface area contributed by atoms with Gasteiger partial charge in [-0.25, -0.2) is 0 Å². The SMILES string of the molecule is C#C[C@H](CC(=O)O)NC(=O)CN(C(=O)c1cccc(C2CCNCC2)c1)C1CC1. The van der Waals surface area contributed by atoms with Crippen LogP contribution in [0.5, 0.6) is 0 Å². The van der Waals surface area contributed by atoms with Gasteiger partial charge in [-0.15, -0.1) is 6.42 Å². The summed E-state index contributed by atoms with van der Waals surface area (Å²) in [7, 11) is 0. The van der Waals surface area contributed by atoms with Gasteiger partial charge in [0.2, 0.25) is 5.91 Å². The molecule has 7 nitrogen and oxygen atoms in total. The number of hydrogen-bond donors (Lipinski definition) is 3. The van der Waals surface area contributed by atoms with Crippen LogP contribution in [0.15, 0.2) is 24.3 Å². The van der Waals surface area contributed by atoms with Gasteiger partial charge in [0.05, 0.1) is 6.42 Å². The Labute approximate surface area is 170 Å². The number of carboxylic acid groups (broad SMARTS) is 1. The average Bonchev–Trinajstić information content (AvgIpc) is 3.56. The van der Waals surface area contributed by atoms with Crippen molar-refractivity contribution in [1.82, 2.24) is 15.5 Å². The van der Waals surface area contributed by atoms with Crippen LogP contribution in [0.4, 0.5) is 0 Å². The molecule has 0 radical (unpaired) electrons. The first kappa shape index (κ1) is 20.9. The molecule has 2 amide bonds. The average molecular weight is 397 g/mol. The van der Waals surface area contributed by atoms with Crippen molar-refractivity contribution in [3.05, 3.63) is 35.4 Å². The summed E-state index contributed by atoms with van der Waals surface area (Å²) in [5, 5.41) is 14.7. The second-order valence-electron chi connectivity index (χ2n) is 7.70. The third-order valence-corrected chi connectivity index (χ3v) is 5.42. The Morgan fingerprint density at radius 3 is 2.59 bits per heavy atom. The molecule has 7 heteroatoms. The maximum Gasteiger partial charge on any atom is 0.306 e. The molecule has 3 N–H and O–H groups in total. The van der Waals surface area contributed by atoms with Crippen LogP contribution in [0.1, 0.15) is 53.9 Å². The number of benzene rings is 1. The summed E-state index contributed by atoms with van der Waals surface area (Å²) in [6.07, 6.45) is 8.76. The van der Waals surface area contributed by atoms with Gasteiger partial charge in [-0.3, -0.25) is 14.4 Å². The van der Waals surface area contributed by atoms with Gasteiger partial charge in [0.15, 0.2) is 0 Å². The van der Waals surface area contributed by atoms with E-state index in [4.69, 9.17) is 11.5 Å². The van der Waals surface area contributed by atoms with Gasteiger partial charge in [0.25, 0.3) is 5.91 Å². The predicted molar refractivity (Wildman–Crippen MR) is 108 cm³/mol. The molecule has 2 aliphatic rings. The number of rotatable bonds is 8. The van der Waals surface area contributed by atoms with Crippen LogP contribution in [0.3, 0.4) is 0 Å². The standard InChI is InChI=1S/C22H27N3O4/c1-2-18(13-21(27)28)24-20(26)14-25(19-6-7-19)22(29)17-5-3-4-16(12-17)15-8-10-23-11-9-15/h1,3-5,12,15,18-19,23H,6-11,13-14H2,(H,24,26)(H,27,28)/t18-/m1/s1. The number of amides is 2. The van der Waals surface area contributed by atoms with Gasteiger partial charge in [-0.05, 0) is 62.4 Å². The quantitative estimate of drug-likeness (QED) is 0.575. The van der Waals surface area contributed by atoms with Crippen molar-refractivity contribution >= 4 is 17.8 Å². The molecule has 2 fully saturated rings. The lowest BCUT2D eigenvalue weighted by molar-refractivity contribution is -0.137. The lowest BCUT2D eigenvalue weighted by atomic mass is 9.89. The minimum Gasteiger partial charge on any atom is -0.481 e. The van der Waals surface area contributed by atoms with E-state index >= 15 is 0 Å². The molecule has 1 saturated carbocycles. The first-order chi connectivity index (χ1) is 14.0. The van der Waals surface area contributed by atoms with E-state index in [1.165, 1.54) is 0 Å². The first-order valence-corrected chi connectivity index (χ1v) is 10.1. The van der Waals surface area contributed by atoms with E-state index < -0.39 is 17.9 Å². The van der Waals surface area contributed by atoms with Gasteiger partial charge < -0.3 is 20.6 Å². The molecule has 0 spiro atoms. The van der Waals surface area contributed by atoms with Crippen LogP contribution in [0.2, 0.25) is 0 Å². The summed E-state index contributed by atoms with van der Waals surface area (Å²) in [5.74, 6) is 1.01. The Bertz CT molecular complexity index is 807. The molecule has 1 heterocycles. The Hall–Kier alpha value is -2.85. The molecule has 0 aromatic heterocycles. The molecular formula is C22H27N3O4. The Balaban J connectivity index is 1.68. The molecule has 1 aliphatic carbocycles. The number of piperidine rings is 1. The second-order valence-corrected chi connectivity index (χ2v) is 7.70. The van der Waals surface area contributed by atoms with Crippen molar-refractivity contribution in [2.45, 2.75) is 50.1 Å². The summed E-state index contributed by atoms with van der Waals surface area (Å²) in [6.45, 7) is 1.83. The summed E-state index contributed by atoms with van der Waals surface area (Å²) < 4.78 is 0.